The topological polar surface area (TPSA) is 218 Å². The van der Waals surface area contributed by atoms with Gasteiger partial charge in [-0.3, -0.25) is 20.2 Å². The highest BCUT2D eigenvalue weighted by Gasteiger charge is 2.19. The van der Waals surface area contributed by atoms with E-state index in [-0.39, 0.29) is 30.2 Å². The minimum atomic E-state index is -0.681. The molecule has 1 aromatic carbocycles. The van der Waals surface area contributed by atoms with Crippen LogP contribution < -0.4 is 5.32 Å². The number of nitrogens with zero attached hydrogens (tertiary/aromatic N) is 2. The van der Waals surface area contributed by atoms with Crippen molar-refractivity contribution in [1.82, 2.24) is 0 Å². The van der Waals surface area contributed by atoms with E-state index in [1.165, 1.54) is 12.1 Å². The highest BCUT2D eigenvalue weighted by Crippen LogP contribution is 2.28. The number of nitrogens with one attached hydrogen (secondary N) is 1. The predicted molar refractivity (Wildman–Crippen MR) is 208 cm³/mol. The Morgan fingerprint density at radius 3 is 0.945 bits per heavy atom. The summed E-state index contributed by atoms with van der Waals surface area (Å²) in [7, 11) is 0. The van der Waals surface area contributed by atoms with Crippen LogP contribution in [0.5, 0.6) is 0 Å². The van der Waals surface area contributed by atoms with E-state index in [1.807, 2.05) is 0 Å². The molecule has 1 rings (SSSR count). The van der Waals surface area contributed by atoms with Crippen molar-refractivity contribution in [2.45, 2.75) is 0 Å². The summed E-state index contributed by atoms with van der Waals surface area (Å²) in [5.74, 6) is 0. The van der Waals surface area contributed by atoms with E-state index in [2.05, 4.69) is 27.9 Å². The summed E-state index contributed by atoms with van der Waals surface area (Å²) in [6.07, 6.45) is 0. The number of anilines is 1. The van der Waals surface area contributed by atoms with E-state index in [9.17, 15) is 20.2 Å². The molecule has 0 aliphatic heterocycles. The maximum atomic E-state index is 11.2. The maximum absolute atomic E-state index is 11.2. The Morgan fingerprint density at radius 2 is 0.691 bits per heavy atom. The molecule has 55 heavy (non-hydrogen) atoms. The summed E-state index contributed by atoms with van der Waals surface area (Å²) in [6.45, 7) is 12.8. The van der Waals surface area contributed by atoms with Crippen molar-refractivity contribution in [3.05, 3.63) is 38.4 Å². The first-order valence-electron chi connectivity index (χ1n) is 18.3. The van der Waals surface area contributed by atoms with E-state index >= 15 is 0 Å². The van der Waals surface area contributed by atoms with Crippen molar-refractivity contribution >= 4 is 39.7 Å². The molecule has 20 nitrogen and oxygen atoms in total. The first-order chi connectivity index (χ1) is 27.1. The third kappa shape index (κ3) is 33.8. The van der Waals surface area contributed by atoms with Gasteiger partial charge in [-0.25, -0.2) is 0 Å². The van der Waals surface area contributed by atoms with Gasteiger partial charge < -0.3 is 66.9 Å². The molecule has 0 spiro atoms. The highest BCUT2D eigenvalue weighted by molar-refractivity contribution is 14.1. The lowest BCUT2D eigenvalue weighted by atomic mass is 10.2. The predicted octanol–water partition coefficient (Wildman–Crippen LogP) is 2.57. The van der Waals surface area contributed by atoms with Gasteiger partial charge in [0.2, 0.25) is 0 Å². The number of non-ortho nitro benzene ring substituents is 1. The zero-order valence-corrected chi connectivity index (χ0v) is 33.9. The summed E-state index contributed by atoms with van der Waals surface area (Å²) < 4.78 is 71.7. The average molecular weight is 910 g/mol. The number of alkyl halides is 1. The summed E-state index contributed by atoms with van der Waals surface area (Å²) in [6, 6.07) is 3.43. The lowest BCUT2D eigenvalue weighted by molar-refractivity contribution is -0.393. The van der Waals surface area contributed by atoms with Gasteiger partial charge in [0, 0.05) is 17.0 Å². The Bertz CT molecular complexity index is 1040. The fourth-order valence-electron chi connectivity index (χ4n) is 3.99. The molecular formula is C34H60IN3O17. The van der Waals surface area contributed by atoms with E-state index in [0.717, 1.165) is 17.1 Å². The van der Waals surface area contributed by atoms with Gasteiger partial charge in [0.15, 0.2) is 0 Å². The quantitative estimate of drug-likeness (QED) is 0.0327. The molecule has 1 aromatic rings. The average Bonchev–Trinajstić information content (AvgIpc) is 3.18. The SMILES string of the molecule is O=[N+]([O-])c1ccc(NCCOCCOCCOCCOCCOCCOCCOCCOCCOCCOCCOCCOCCOCCI)c([N+](=O)[O-])c1. The van der Waals surface area contributed by atoms with Crippen molar-refractivity contribution in [3.63, 3.8) is 0 Å². The van der Waals surface area contributed by atoms with Crippen molar-refractivity contribution < 1.29 is 71.4 Å². The number of rotatable bonds is 44. The van der Waals surface area contributed by atoms with Crippen molar-refractivity contribution in [3.8, 4) is 0 Å². The summed E-state index contributed by atoms with van der Waals surface area (Å²) >= 11 is 2.27. The number of nitro benzene ring substituents is 2. The van der Waals surface area contributed by atoms with Gasteiger partial charge in [-0.15, -0.1) is 0 Å². The van der Waals surface area contributed by atoms with Crippen LogP contribution >= 0.6 is 22.6 Å². The third-order valence-electron chi connectivity index (χ3n) is 6.64. The van der Waals surface area contributed by atoms with Crippen LogP contribution in [0.25, 0.3) is 0 Å². The normalized spacial score (nSPS) is 11.4. The number of halogens is 1. The van der Waals surface area contributed by atoms with E-state index in [4.69, 9.17) is 61.6 Å². The highest BCUT2D eigenvalue weighted by atomic mass is 127. The largest absolute Gasteiger partial charge is 0.378 e. The standard InChI is InChI=1S/C34H60IN3O17/c35-3-5-43-7-9-45-11-13-47-15-17-49-19-21-51-23-25-53-27-29-55-30-28-54-26-24-52-22-20-50-18-16-48-14-12-46-10-8-44-6-4-36-33-2-1-32(37(39)40)31-34(33)38(41)42/h1-2,31,36H,3-30H2. The zero-order valence-electron chi connectivity index (χ0n) is 31.7. The molecule has 0 radical (unpaired) electrons. The van der Waals surface area contributed by atoms with E-state index in [1.54, 1.807) is 0 Å². The second-order valence-corrected chi connectivity index (χ2v) is 11.9. The molecule has 21 heteroatoms. The van der Waals surface area contributed by atoms with Gasteiger partial charge in [-0.1, -0.05) is 22.6 Å². The monoisotopic (exact) mass is 909 g/mol. The fourth-order valence-corrected chi connectivity index (χ4v) is 4.30. The van der Waals surface area contributed by atoms with Crippen LogP contribution in [0.2, 0.25) is 0 Å². The Balaban J connectivity index is 1.69. The maximum Gasteiger partial charge on any atom is 0.299 e. The first-order valence-corrected chi connectivity index (χ1v) is 19.8. The van der Waals surface area contributed by atoms with Crippen molar-refractivity contribution in [2.75, 3.05) is 188 Å². The van der Waals surface area contributed by atoms with Gasteiger partial charge in [0.05, 0.1) is 188 Å². The van der Waals surface area contributed by atoms with E-state index < -0.39 is 9.85 Å². The van der Waals surface area contributed by atoms with Crippen LogP contribution in [-0.2, 0) is 61.6 Å². The number of nitro groups is 2. The molecule has 0 aliphatic carbocycles. The first kappa shape index (κ1) is 51.0. The Morgan fingerprint density at radius 1 is 0.418 bits per heavy atom. The van der Waals surface area contributed by atoms with Crippen LogP contribution in [0.4, 0.5) is 17.1 Å². The molecule has 0 fully saturated rings. The summed E-state index contributed by atoms with van der Waals surface area (Å²) in [5, 5.41) is 24.8. The molecule has 0 aliphatic rings. The molecule has 0 aromatic heterocycles. The molecule has 0 amide bonds. The second-order valence-electron chi connectivity index (χ2n) is 10.8. The number of ether oxygens (including phenoxy) is 13. The van der Waals surface area contributed by atoms with Gasteiger partial charge in [-0.2, -0.15) is 0 Å². The molecule has 0 unspecified atom stereocenters. The van der Waals surface area contributed by atoms with Crippen molar-refractivity contribution in [2.24, 2.45) is 0 Å². The molecule has 1 N–H and O–H groups in total. The molecule has 0 heterocycles. The van der Waals surface area contributed by atoms with Gasteiger partial charge in [0.25, 0.3) is 11.4 Å². The molecule has 0 saturated heterocycles. The second kappa shape index (κ2) is 40.2. The van der Waals surface area contributed by atoms with Gasteiger partial charge in [-0.05, 0) is 6.07 Å². The van der Waals surface area contributed by atoms with Crippen LogP contribution in [0.3, 0.4) is 0 Å². The molecule has 0 saturated carbocycles. The summed E-state index contributed by atoms with van der Waals surface area (Å²) in [5.41, 5.74) is -0.530. The molecule has 0 atom stereocenters. The number of hydrogen-bond acceptors (Lipinski definition) is 18. The minimum Gasteiger partial charge on any atom is -0.378 e. The third-order valence-corrected chi connectivity index (χ3v) is 7.08. The Hall–Kier alpha value is -1.97. The minimum absolute atomic E-state index is 0.184. The lowest BCUT2D eigenvalue weighted by Gasteiger charge is -2.09. The Labute approximate surface area is 336 Å². The molecular weight excluding hydrogens is 849 g/mol. The van der Waals surface area contributed by atoms with Gasteiger partial charge >= 0.3 is 0 Å². The van der Waals surface area contributed by atoms with Crippen LogP contribution in [0, 0.1) is 20.2 Å². The smallest absolute Gasteiger partial charge is 0.299 e. The van der Waals surface area contributed by atoms with E-state index in [0.29, 0.717) is 159 Å². The van der Waals surface area contributed by atoms with Crippen molar-refractivity contribution in [1.29, 1.82) is 0 Å². The summed E-state index contributed by atoms with van der Waals surface area (Å²) in [4.78, 5) is 20.6. The van der Waals surface area contributed by atoms with Crippen LogP contribution in [0.15, 0.2) is 18.2 Å². The number of benzene rings is 1. The van der Waals surface area contributed by atoms with Crippen LogP contribution in [0.1, 0.15) is 0 Å². The number of hydrogen-bond donors (Lipinski definition) is 1. The molecule has 0 bridgehead atoms. The Kier molecular flexibility index (Phi) is 37.3. The van der Waals surface area contributed by atoms with Crippen LogP contribution in [-0.4, -0.2) is 193 Å². The van der Waals surface area contributed by atoms with Gasteiger partial charge in [0.1, 0.15) is 5.69 Å². The molecule has 320 valence electrons. The lowest BCUT2D eigenvalue weighted by Crippen LogP contribution is -2.16. The zero-order chi connectivity index (χ0) is 39.7. The fraction of sp³-hybridized carbons (Fsp3) is 0.824.